The van der Waals surface area contributed by atoms with E-state index in [4.69, 9.17) is 0 Å². The third-order valence-corrected chi connectivity index (χ3v) is 4.33. The van der Waals surface area contributed by atoms with E-state index in [1.54, 1.807) is 0 Å². The fourth-order valence-electron chi connectivity index (χ4n) is 3.48. The van der Waals surface area contributed by atoms with Gasteiger partial charge in [0, 0.05) is 23.1 Å². The minimum atomic E-state index is 0.294. The second kappa shape index (κ2) is 3.61. The van der Waals surface area contributed by atoms with E-state index in [1.807, 2.05) is 12.1 Å². The minimum absolute atomic E-state index is 0.294. The lowest BCUT2D eigenvalue weighted by atomic mass is 9.90. The Morgan fingerprint density at radius 1 is 1.22 bits per heavy atom. The van der Waals surface area contributed by atoms with Crippen molar-refractivity contribution in [3.05, 3.63) is 35.5 Å². The zero-order valence-corrected chi connectivity index (χ0v) is 10.3. The van der Waals surface area contributed by atoms with E-state index < -0.39 is 0 Å². The maximum Gasteiger partial charge on any atom is 0.227 e. The van der Waals surface area contributed by atoms with Crippen molar-refractivity contribution < 1.29 is 4.79 Å². The zero-order valence-electron chi connectivity index (χ0n) is 10.3. The first-order chi connectivity index (χ1) is 8.84. The van der Waals surface area contributed by atoms with Gasteiger partial charge in [0.2, 0.25) is 5.91 Å². The SMILES string of the molecule is O=C1Cc2c([nH]c3ccccc23)C2CCCCN12. The van der Waals surface area contributed by atoms with Crippen LogP contribution in [0.5, 0.6) is 0 Å². The van der Waals surface area contributed by atoms with Crippen molar-refractivity contribution in [2.45, 2.75) is 31.7 Å². The topological polar surface area (TPSA) is 36.1 Å². The Bertz CT molecular complexity index is 628. The average Bonchev–Trinajstić information content (AvgIpc) is 2.78. The fourth-order valence-corrected chi connectivity index (χ4v) is 3.48. The van der Waals surface area contributed by atoms with Gasteiger partial charge in [-0.15, -0.1) is 0 Å². The first-order valence-electron chi connectivity index (χ1n) is 6.73. The summed E-state index contributed by atoms with van der Waals surface area (Å²) in [6, 6.07) is 8.61. The highest BCUT2D eigenvalue weighted by atomic mass is 16.2. The van der Waals surface area contributed by atoms with Crippen molar-refractivity contribution >= 4 is 16.8 Å². The number of rotatable bonds is 0. The van der Waals surface area contributed by atoms with E-state index in [9.17, 15) is 4.79 Å². The van der Waals surface area contributed by atoms with Crippen molar-refractivity contribution in [1.82, 2.24) is 9.88 Å². The number of H-pyrrole nitrogens is 1. The van der Waals surface area contributed by atoms with Crippen molar-refractivity contribution in [2.75, 3.05) is 6.54 Å². The highest BCUT2D eigenvalue weighted by molar-refractivity contribution is 5.92. The van der Waals surface area contributed by atoms with Crippen LogP contribution in [0.1, 0.15) is 36.6 Å². The van der Waals surface area contributed by atoms with Crippen LogP contribution in [-0.4, -0.2) is 22.3 Å². The maximum absolute atomic E-state index is 12.2. The second-order valence-corrected chi connectivity index (χ2v) is 5.34. The average molecular weight is 240 g/mol. The van der Waals surface area contributed by atoms with E-state index >= 15 is 0 Å². The van der Waals surface area contributed by atoms with Gasteiger partial charge in [0.05, 0.1) is 12.5 Å². The molecule has 1 fully saturated rings. The summed E-state index contributed by atoms with van der Waals surface area (Å²) in [6.45, 7) is 0.929. The molecule has 0 radical (unpaired) electrons. The third kappa shape index (κ3) is 1.27. The normalized spacial score (nSPS) is 23.0. The first kappa shape index (κ1) is 10.2. The van der Waals surface area contributed by atoms with E-state index in [1.165, 1.54) is 28.6 Å². The van der Waals surface area contributed by atoms with E-state index in [0.717, 1.165) is 19.4 Å². The summed E-state index contributed by atoms with van der Waals surface area (Å²) in [5.74, 6) is 0.303. The van der Waals surface area contributed by atoms with Crippen LogP contribution in [0.4, 0.5) is 0 Å². The molecule has 92 valence electrons. The van der Waals surface area contributed by atoms with Crippen molar-refractivity contribution in [2.24, 2.45) is 0 Å². The molecule has 0 aliphatic carbocycles. The highest BCUT2D eigenvalue weighted by Gasteiger charge is 2.36. The number of amides is 1. The molecule has 3 heteroatoms. The van der Waals surface area contributed by atoms with E-state index in [2.05, 4.69) is 22.0 Å². The number of carbonyl (C=O) groups is 1. The van der Waals surface area contributed by atoms with Gasteiger partial charge in [-0.1, -0.05) is 18.2 Å². The number of carbonyl (C=O) groups excluding carboxylic acids is 1. The number of aromatic nitrogens is 1. The molecule has 0 bridgehead atoms. The van der Waals surface area contributed by atoms with Crippen LogP contribution in [0.3, 0.4) is 0 Å². The number of aromatic amines is 1. The Hall–Kier alpha value is -1.77. The number of hydrogen-bond donors (Lipinski definition) is 1. The molecular formula is C15H16N2O. The number of nitrogens with zero attached hydrogens (tertiary/aromatic N) is 1. The summed E-state index contributed by atoms with van der Waals surface area (Å²) in [5, 5.41) is 1.23. The van der Waals surface area contributed by atoms with E-state index in [0.29, 0.717) is 18.4 Å². The molecule has 1 N–H and O–H groups in total. The summed E-state index contributed by atoms with van der Waals surface area (Å²) in [7, 11) is 0. The van der Waals surface area contributed by atoms with Gasteiger partial charge in [0.25, 0.3) is 0 Å². The minimum Gasteiger partial charge on any atom is -0.356 e. The van der Waals surface area contributed by atoms with Crippen LogP contribution < -0.4 is 0 Å². The quantitative estimate of drug-likeness (QED) is 0.755. The maximum atomic E-state index is 12.2. The van der Waals surface area contributed by atoms with Crippen LogP contribution in [0.25, 0.3) is 10.9 Å². The molecule has 3 heterocycles. The Morgan fingerprint density at radius 3 is 3.06 bits per heavy atom. The summed E-state index contributed by atoms with van der Waals surface area (Å²) in [5.41, 5.74) is 3.69. The number of piperidine rings is 1. The number of hydrogen-bond acceptors (Lipinski definition) is 1. The summed E-state index contributed by atoms with van der Waals surface area (Å²) < 4.78 is 0. The largest absolute Gasteiger partial charge is 0.356 e. The predicted octanol–water partition coefficient (Wildman–Crippen LogP) is 2.78. The summed E-state index contributed by atoms with van der Waals surface area (Å²) in [4.78, 5) is 17.9. The molecule has 4 rings (SSSR count). The lowest BCUT2D eigenvalue weighted by Crippen LogP contribution is -2.42. The lowest BCUT2D eigenvalue weighted by Gasteiger charge is -2.39. The van der Waals surface area contributed by atoms with Crippen LogP contribution in [0.2, 0.25) is 0 Å². The highest BCUT2D eigenvalue weighted by Crippen LogP contribution is 2.39. The van der Waals surface area contributed by atoms with Crippen LogP contribution in [-0.2, 0) is 11.2 Å². The van der Waals surface area contributed by atoms with Gasteiger partial charge in [0.15, 0.2) is 0 Å². The molecule has 1 atom stereocenters. The zero-order chi connectivity index (χ0) is 12.1. The smallest absolute Gasteiger partial charge is 0.227 e. The van der Waals surface area contributed by atoms with Crippen LogP contribution in [0, 0.1) is 0 Å². The van der Waals surface area contributed by atoms with Gasteiger partial charge >= 0.3 is 0 Å². The van der Waals surface area contributed by atoms with Gasteiger partial charge in [0.1, 0.15) is 0 Å². The van der Waals surface area contributed by atoms with Crippen molar-refractivity contribution in [3.8, 4) is 0 Å². The molecule has 1 aromatic heterocycles. The van der Waals surface area contributed by atoms with Crippen molar-refractivity contribution in [1.29, 1.82) is 0 Å². The lowest BCUT2D eigenvalue weighted by molar-refractivity contribution is -0.135. The molecule has 2 aliphatic rings. The van der Waals surface area contributed by atoms with Crippen LogP contribution >= 0.6 is 0 Å². The van der Waals surface area contributed by atoms with Crippen molar-refractivity contribution in [3.63, 3.8) is 0 Å². The number of nitrogens with one attached hydrogen (secondary N) is 1. The summed E-state index contributed by atoms with van der Waals surface area (Å²) >= 11 is 0. The molecule has 0 spiro atoms. The van der Waals surface area contributed by atoms with Gasteiger partial charge in [-0.3, -0.25) is 4.79 Å². The molecule has 18 heavy (non-hydrogen) atoms. The third-order valence-electron chi connectivity index (χ3n) is 4.33. The van der Waals surface area contributed by atoms with Gasteiger partial charge < -0.3 is 9.88 Å². The number of fused-ring (bicyclic) bond motifs is 5. The van der Waals surface area contributed by atoms with Gasteiger partial charge in [-0.2, -0.15) is 0 Å². The van der Waals surface area contributed by atoms with Gasteiger partial charge in [-0.05, 0) is 30.9 Å². The molecule has 1 saturated heterocycles. The molecule has 2 aliphatic heterocycles. The van der Waals surface area contributed by atoms with Gasteiger partial charge in [-0.25, -0.2) is 0 Å². The molecule has 1 unspecified atom stereocenters. The fraction of sp³-hybridized carbons (Fsp3) is 0.400. The predicted molar refractivity (Wildman–Crippen MR) is 70.3 cm³/mol. The second-order valence-electron chi connectivity index (χ2n) is 5.34. The molecular weight excluding hydrogens is 224 g/mol. The van der Waals surface area contributed by atoms with E-state index in [-0.39, 0.29) is 0 Å². The Morgan fingerprint density at radius 2 is 2.11 bits per heavy atom. The molecule has 3 nitrogen and oxygen atoms in total. The molecule has 1 amide bonds. The number of para-hydroxylation sites is 1. The molecule has 1 aromatic carbocycles. The molecule has 2 aromatic rings. The first-order valence-corrected chi connectivity index (χ1v) is 6.73. The Kier molecular flexibility index (Phi) is 2.04. The monoisotopic (exact) mass is 240 g/mol. The van der Waals surface area contributed by atoms with Crippen LogP contribution in [0.15, 0.2) is 24.3 Å². The summed E-state index contributed by atoms with van der Waals surface area (Å²) in [6.07, 6.45) is 4.04. The number of benzene rings is 1. The Balaban J connectivity index is 1.94. The molecule has 0 saturated carbocycles. The Labute approximate surface area is 106 Å². The standard InChI is InChI=1S/C15H16N2O/c18-14-9-11-10-5-1-2-6-12(10)16-15(11)13-7-3-4-8-17(13)14/h1-2,5-6,13,16H,3-4,7-9H2.